The van der Waals surface area contributed by atoms with Crippen molar-refractivity contribution >= 4 is 14.5 Å². The van der Waals surface area contributed by atoms with Crippen molar-refractivity contribution in [2.75, 3.05) is 13.2 Å². The van der Waals surface area contributed by atoms with Crippen molar-refractivity contribution in [2.45, 2.75) is 77.2 Å². The summed E-state index contributed by atoms with van der Waals surface area (Å²) in [5.74, 6) is 0.469. The molecule has 0 bridgehead atoms. The van der Waals surface area contributed by atoms with Crippen LogP contribution in [0.5, 0.6) is 5.75 Å². The summed E-state index contributed by atoms with van der Waals surface area (Å²) in [6.07, 6.45) is 1.28. The number of amides is 1. The van der Waals surface area contributed by atoms with Crippen LogP contribution in [0.15, 0.2) is 18.2 Å². The highest BCUT2D eigenvalue weighted by Gasteiger charge is 2.55. The highest BCUT2D eigenvalue weighted by atomic mass is 31.2. The number of fused-ring (bicyclic) bond motifs is 1. The van der Waals surface area contributed by atoms with Gasteiger partial charge in [0.1, 0.15) is 11.4 Å². The monoisotopic (exact) mass is 464 g/mol. The van der Waals surface area contributed by atoms with Crippen molar-refractivity contribution < 1.29 is 28.6 Å². The summed E-state index contributed by atoms with van der Waals surface area (Å²) >= 11 is 0. The van der Waals surface area contributed by atoms with E-state index in [0.29, 0.717) is 24.3 Å². The van der Waals surface area contributed by atoms with Crippen molar-refractivity contribution in [3.05, 3.63) is 29.3 Å². The van der Waals surface area contributed by atoms with Crippen molar-refractivity contribution in [3.63, 3.8) is 0 Å². The summed E-state index contributed by atoms with van der Waals surface area (Å²) in [6, 6.07) is 7.19. The molecule has 1 aromatic rings. The second kappa shape index (κ2) is 8.89. The van der Waals surface area contributed by atoms with E-state index in [1.165, 1.54) is 0 Å². The van der Waals surface area contributed by atoms with Gasteiger partial charge in [0, 0.05) is 18.5 Å². The van der Waals surface area contributed by atoms with Crippen molar-refractivity contribution in [3.8, 4) is 11.8 Å². The minimum atomic E-state index is -2.52. The third-order valence-electron chi connectivity index (χ3n) is 6.21. The van der Waals surface area contributed by atoms with Gasteiger partial charge in [0.2, 0.25) is 5.91 Å². The molecule has 0 aromatic heterocycles. The van der Waals surface area contributed by atoms with Crippen LogP contribution in [0.3, 0.4) is 0 Å². The zero-order chi connectivity index (χ0) is 23.9. The smallest absolute Gasteiger partial charge is 0.327 e. The highest BCUT2D eigenvalue weighted by Crippen LogP contribution is 2.53. The van der Waals surface area contributed by atoms with Crippen molar-refractivity contribution in [2.24, 2.45) is 5.92 Å². The molecule has 2 aliphatic rings. The molecule has 0 radical (unpaired) electrons. The van der Waals surface area contributed by atoms with Gasteiger partial charge in [-0.05, 0) is 66.2 Å². The number of carbonyl (C=O) groups excluding carboxylic acids is 1. The number of benzene rings is 1. The Kier molecular flexibility index (Phi) is 6.91. The summed E-state index contributed by atoms with van der Waals surface area (Å²) in [4.78, 5) is 33.3. The first-order valence-corrected chi connectivity index (χ1v) is 12.0. The molecule has 2 heterocycles. The van der Waals surface area contributed by atoms with E-state index < -0.39 is 25.4 Å². The lowest BCUT2D eigenvalue weighted by Crippen LogP contribution is -2.59. The van der Waals surface area contributed by atoms with Gasteiger partial charge < -0.3 is 28.7 Å². The molecule has 0 saturated carbocycles. The number of ether oxygens (including phenoxy) is 2. The highest BCUT2D eigenvalue weighted by molar-refractivity contribution is 7.39. The third-order valence-corrected chi connectivity index (χ3v) is 6.87. The summed E-state index contributed by atoms with van der Waals surface area (Å²) < 4.78 is 18.0. The lowest BCUT2D eigenvalue weighted by atomic mass is 9.69. The fourth-order valence-corrected chi connectivity index (χ4v) is 5.57. The topological polar surface area (TPSA) is 112 Å². The Balaban J connectivity index is 2.04. The number of likely N-dealkylation sites (tertiary alicyclic amines) is 1. The number of rotatable bonds is 7. The van der Waals surface area contributed by atoms with Gasteiger partial charge >= 0.3 is 8.60 Å². The molecular formula is C23H33N2O6P. The van der Waals surface area contributed by atoms with Crippen LogP contribution in [0.25, 0.3) is 0 Å². The maximum absolute atomic E-state index is 12.9. The van der Waals surface area contributed by atoms with E-state index in [2.05, 4.69) is 6.07 Å². The second-order valence-corrected chi connectivity index (χ2v) is 10.9. The number of carbonyl (C=O) groups is 1. The SMILES string of the molecule is CC(C)(COC(C)(C)C1C(N2CCCC2=O)c2cc(C#N)ccc2OC1(C)C)OP(O)O. The minimum absolute atomic E-state index is 0.0803. The van der Waals surface area contributed by atoms with Gasteiger partial charge in [-0.25, -0.2) is 0 Å². The van der Waals surface area contributed by atoms with Crippen molar-refractivity contribution in [1.29, 1.82) is 5.26 Å². The largest absolute Gasteiger partial charge is 0.487 e. The molecule has 0 spiro atoms. The molecule has 2 N–H and O–H groups in total. The normalized spacial score (nSPS) is 23.1. The molecule has 1 aromatic carbocycles. The quantitative estimate of drug-likeness (QED) is 0.590. The van der Waals surface area contributed by atoms with Crippen LogP contribution in [-0.4, -0.2) is 50.5 Å². The van der Waals surface area contributed by atoms with Gasteiger partial charge in [-0.2, -0.15) is 5.26 Å². The van der Waals surface area contributed by atoms with Crippen LogP contribution in [0, 0.1) is 17.2 Å². The number of hydrogen-bond donors (Lipinski definition) is 2. The number of nitriles is 1. The van der Waals surface area contributed by atoms with Crippen LogP contribution in [0.1, 0.15) is 71.6 Å². The van der Waals surface area contributed by atoms with E-state index in [1.54, 1.807) is 26.0 Å². The molecule has 32 heavy (non-hydrogen) atoms. The first kappa shape index (κ1) is 24.9. The minimum Gasteiger partial charge on any atom is -0.487 e. The standard InChI is InChI=1S/C23H33N2O6P/c1-21(2,31-32(27)28)14-29-22(3,4)20-19(25-11-7-8-18(25)26)16-12-15(13-24)9-10-17(16)30-23(20,5)6/h9-10,12,19-20,27-28H,7-8,11,14H2,1-6H3. The van der Waals surface area contributed by atoms with Crippen LogP contribution in [0.4, 0.5) is 0 Å². The van der Waals surface area contributed by atoms with Gasteiger partial charge in [-0.1, -0.05) is 0 Å². The Morgan fingerprint density at radius 2 is 2.00 bits per heavy atom. The number of hydrogen-bond acceptors (Lipinski definition) is 7. The molecule has 2 aliphatic heterocycles. The van der Waals surface area contributed by atoms with Crippen molar-refractivity contribution in [1.82, 2.24) is 4.90 Å². The second-order valence-electron chi connectivity index (χ2n) is 10.2. The molecule has 2 unspecified atom stereocenters. The van der Waals surface area contributed by atoms with E-state index in [1.807, 2.05) is 38.7 Å². The summed E-state index contributed by atoms with van der Waals surface area (Å²) in [5, 5.41) is 9.47. The fraction of sp³-hybridized carbons (Fsp3) is 0.652. The molecule has 1 saturated heterocycles. The van der Waals surface area contributed by atoms with E-state index in [-0.39, 0.29) is 24.5 Å². The summed E-state index contributed by atoms with van der Waals surface area (Å²) in [7, 11) is -2.52. The van der Waals surface area contributed by atoms with Gasteiger partial charge in [0.05, 0.1) is 41.4 Å². The maximum atomic E-state index is 12.9. The Bertz CT molecular complexity index is 908. The fourth-order valence-electron chi connectivity index (χ4n) is 5.07. The molecule has 1 amide bonds. The predicted molar refractivity (Wildman–Crippen MR) is 120 cm³/mol. The average Bonchev–Trinajstić information content (AvgIpc) is 3.09. The van der Waals surface area contributed by atoms with Crippen LogP contribution in [-0.2, 0) is 14.1 Å². The van der Waals surface area contributed by atoms with Crippen LogP contribution < -0.4 is 4.74 Å². The van der Waals surface area contributed by atoms with Crippen LogP contribution >= 0.6 is 8.60 Å². The zero-order valence-electron chi connectivity index (χ0n) is 19.6. The molecule has 176 valence electrons. The zero-order valence-corrected chi connectivity index (χ0v) is 20.5. The molecule has 1 fully saturated rings. The lowest BCUT2D eigenvalue weighted by molar-refractivity contribution is -0.176. The van der Waals surface area contributed by atoms with E-state index >= 15 is 0 Å². The Labute approximate surface area is 191 Å². The molecule has 8 nitrogen and oxygen atoms in total. The molecule has 3 rings (SSSR count). The van der Waals surface area contributed by atoms with Crippen LogP contribution in [0.2, 0.25) is 0 Å². The number of nitrogens with zero attached hydrogens (tertiary/aromatic N) is 2. The molecule has 2 atom stereocenters. The van der Waals surface area contributed by atoms with E-state index in [0.717, 1.165) is 12.0 Å². The summed E-state index contributed by atoms with van der Waals surface area (Å²) in [6.45, 7) is 12.1. The summed E-state index contributed by atoms with van der Waals surface area (Å²) in [5.41, 5.74) is -1.08. The van der Waals surface area contributed by atoms with E-state index in [9.17, 15) is 19.8 Å². The maximum Gasteiger partial charge on any atom is 0.327 e. The first-order valence-electron chi connectivity index (χ1n) is 10.8. The molecule has 9 heteroatoms. The van der Waals surface area contributed by atoms with Gasteiger partial charge in [-0.3, -0.25) is 4.79 Å². The Hall–Kier alpha value is -1.75. The van der Waals surface area contributed by atoms with Gasteiger partial charge in [0.15, 0.2) is 0 Å². The Morgan fingerprint density at radius 1 is 1.31 bits per heavy atom. The average molecular weight is 464 g/mol. The lowest BCUT2D eigenvalue weighted by Gasteiger charge is -2.53. The molecule has 0 aliphatic carbocycles. The molecular weight excluding hydrogens is 431 g/mol. The third kappa shape index (κ3) is 5.08. The van der Waals surface area contributed by atoms with E-state index in [4.69, 9.17) is 14.0 Å². The van der Waals surface area contributed by atoms with Gasteiger partial charge in [-0.15, -0.1) is 0 Å². The van der Waals surface area contributed by atoms with Gasteiger partial charge in [0.25, 0.3) is 0 Å². The first-order chi connectivity index (χ1) is 14.8. The Morgan fingerprint density at radius 3 is 2.56 bits per heavy atom. The predicted octanol–water partition coefficient (Wildman–Crippen LogP) is 3.81.